The summed E-state index contributed by atoms with van der Waals surface area (Å²) in [5.41, 5.74) is 8.12. The monoisotopic (exact) mass is 547 g/mol. The lowest BCUT2D eigenvalue weighted by Gasteiger charge is -2.23. The molecule has 39 heavy (non-hydrogen) atoms. The third-order valence-corrected chi connectivity index (χ3v) is 8.38. The summed E-state index contributed by atoms with van der Waals surface area (Å²) in [7, 11) is 0. The van der Waals surface area contributed by atoms with Crippen LogP contribution in [-0.2, 0) is 34.0 Å². The molecule has 1 rings (SSSR count). The maximum Gasteiger partial charge on any atom is 0.0722 e. The van der Waals surface area contributed by atoms with E-state index in [1.807, 2.05) is 0 Å². The Bertz CT molecular complexity index is 595. The molecule has 0 unspecified atom stereocenters. The predicted molar refractivity (Wildman–Crippen MR) is 170 cm³/mol. The Morgan fingerprint density at radius 2 is 0.564 bits per heavy atom. The van der Waals surface area contributed by atoms with Gasteiger partial charge in [-0.3, -0.25) is 0 Å². The second-order valence-corrected chi connectivity index (χ2v) is 11.8. The molecule has 0 amide bonds. The predicted octanol–water partition coefficient (Wildman–Crippen LogP) is 11.2. The quantitative estimate of drug-likeness (QED) is 0.103. The number of ether oxygens (including phenoxy) is 3. The van der Waals surface area contributed by atoms with Gasteiger partial charge in [-0.2, -0.15) is 0 Å². The van der Waals surface area contributed by atoms with Crippen LogP contribution >= 0.6 is 0 Å². The molecule has 228 valence electrons. The third kappa shape index (κ3) is 16.2. The van der Waals surface area contributed by atoms with Crippen LogP contribution in [0.15, 0.2) is 0 Å². The fourth-order valence-electron chi connectivity index (χ4n) is 5.52. The molecule has 0 aliphatic rings. The van der Waals surface area contributed by atoms with Gasteiger partial charge in [-0.1, -0.05) is 117 Å². The smallest absolute Gasteiger partial charge is 0.0722 e. The minimum atomic E-state index is 0.696. The summed E-state index contributed by atoms with van der Waals surface area (Å²) < 4.78 is 18.7. The van der Waals surface area contributed by atoms with Crippen molar-refractivity contribution in [3.8, 4) is 0 Å². The lowest BCUT2D eigenvalue weighted by molar-refractivity contribution is 0.107. The third-order valence-electron chi connectivity index (χ3n) is 8.38. The van der Waals surface area contributed by atoms with Gasteiger partial charge < -0.3 is 14.2 Å². The minimum Gasteiger partial charge on any atom is -0.377 e. The van der Waals surface area contributed by atoms with E-state index in [9.17, 15) is 0 Å². The molecule has 0 aliphatic carbocycles. The molecular weight excluding hydrogens is 480 g/mol. The Hall–Kier alpha value is -0.900. The average molecular weight is 547 g/mol. The number of hydrogen-bond donors (Lipinski definition) is 0. The molecule has 0 fully saturated rings. The summed E-state index contributed by atoms with van der Waals surface area (Å²) >= 11 is 0. The summed E-state index contributed by atoms with van der Waals surface area (Å²) in [4.78, 5) is 0. The zero-order valence-electron chi connectivity index (χ0n) is 27.2. The number of unbranched alkanes of at least 4 members (excludes halogenated alkanes) is 15. The van der Waals surface area contributed by atoms with E-state index >= 15 is 0 Å². The first-order chi connectivity index (χ1) is 19.1. The molecule has 0 saturated heterocycles. The zero-order chi connectivity index (χ0) is 28.6. The number of hydrogen-bond acceptors (Lipinski definition) is 3. The maximum atomic E-state index is 6.24. The van der Waals surface area contributed by atoms with E-state index < -0.39 is 0 Å². The van der Waals surface area contributed by atoms with E-state index in [1.54, 1.807) is 0 Å². The molecule has 3 heteroatoms. The largest absolute Gasteiger partial charge is 0.377 e. The lowest BCUT2D eigenvalue weighted by Crippen LogP contribution is -2.12. The number of rotatable bonds is 27. The van der Waals surface area contributed by atoms with Gasteiger partial charge in [-0.05, 0) is 73.4 Å². The van der Waals surface area contributed by atoms with Gasteiger partial charge in [0.1, 0.15) is 0 Å². The van der Waals surface area contributed by atoms with Crippen molar-refractivity contribution in [2.45, 2.75) is 177 Å². The van der Waals surface area contributed by atoms with Crippen LogP contribution in [0.25, 0.3) is 0 Å². The molecule has 0 radical (unpaired) electrons. The van der Waals surface area contributed by atoms with E-state index in [-0.39, 0.29) is 0 Å². The minimum absolute atomic E-state index is 0.696. The average Bonchev–Trinajstić information content (AvgIpc) is 2.93. The van der Waals surface area contributed by atoms with Crippen molar-refractivity contribution < 1.29 is 14.2 Å². The summed E-state index contributed by atoms with van der Waals surface area (Å²) in [6.45, 7) is 18.3. The topological polar surface area (TPSA) is 27.7 Å². The number of benzene rings is 1. The Kier molecular flexibility index (Phi) is 23.0. The highest BCUT2D eigenvalue weighted by atomic mass is 16.5. The molecule has 0 bridgehead atoms. The fraction of sp³-hybridized carbons (Fsp3) is 0.833. The van der Waals surface area contributed by atoms with Crippen LogP contribution in [0, 0.1) is 20.8 Å². The van der Waals surface area contributed by atoms with Gasteiger partial charge in [0.25, 0.3) is 0 Å². The van der Waals surface area contributed by atoms with Crippen LogP contribution in [0.2, 0.25) is 0 Å². The summed E-state index contributed by atoms with van der Waals surface area (Å²) in [6.07, 6.45) is 23.4. The first-order valence-corrected chi connectivity index (χ1v) is 16.9. The molecule has 0 aliphatic heterocycles. The van der Waals surface area contributed by atoms with Crippen LogP contribution in [0.4, 0.5) is 0 Å². The molecule has 0 spiro atoms. The first kappa shape index (κ1) is 36.1. The van der Waals surface area contributed by atoms with Crippen molar-refractivity contribution in [1.29, 1.82) is 0 Å². The van der Waals surface area contributed by atoms with Gasteiger partial charge in [0, 0.05) is 19.8 Å². The normalized spacial score (nSPS) is 11.5. The van der Waals surface area contributed by atoms with Crippen molar-refractivity contribution in [2.24, 2.45) is 0 Å². The standard InChI is InChI=1S/C36H66O3/c1-7-10-13-16-19-22-25-37-28-34-31(4)35(29-38-26-23-20-17-14-11-8-2)33(6)36(32(34)5)30-39-27-24-21-18-15-12-9-3/h7-30H2,1-6H3. The van der Waals surface area contributed by atoms with E-state index in [0.717, 1.165) is 39.1 Å². The van der Waals surface area contributed by atoms with Gasteiger partial charge in [0.15, 0.2) is 0 Å². The highest BCUT2D eigenvalue weighted by Crippen LogP contribution is 2.29. The maximum absolute atomic E-state index is 6.24. The van der Waals surface area contributed by atoms with Crippen molar-refractivity contribution in [1.82, 2.24) is 0 Å². The van der Waals surface area contributed by atoms with Gasteiger partial charge in [-0.15, -0.1) is 0 Å². The Labute approximate surface area is 244 Å². The van der Waals surface area contributed by atoms with Gasteiger partial charge >= 0.3 is 0 Å². The molecule has 0 heterocycles. The molecule has 1 aromatic carbocycles. The summed E-state index contributed by atoms with van der Waals surface area (Å²) in [5, 5.41) is 0. The first-order valence-electron chi connectivity index (χ1n) is 16.9. The molecule has 0 saturated carbocycles. The van der Waals surface area contributed by atoms with Crippen LogP contribution in [0.5, 0.6) is 0 Å². The van der Waals surface area contributed by atoms with E-state index in [2.05, 4.69) is 41.5 Å². The SMILES string of the molecule is CCCCCCCCOCc1c(C)c(COCCCCCCCC)c(C)c(COCCCCCCCC)c1C. The van der Waals surface area contributed by atoms with Crippen molar-refractivity contribution in [3.63, 3.8) is 0 Å². The van der Waals surface area contributed by atoms with E-state index in [1.165, 1.54) is 130 Å². The van der Waals surface area contributed by atoms with Crippen LogP contribution in [0.1, 0.15) is 170 Å². The van der Waals surface area contributed by atoms with Crippen LogP contribution in [0.3, 0.4) is 0 Å². The van der Waals surface area contributed by atoms with E-state index in [4.69, 9.17) is 14.2 Å². The van der Waals surface area contributed by atoms with Crippen LogP contribution < -0.4 is 0 Å². The Morgan fingerprint density at radius 1 is 0.333 bits per heavy atom. The second-order valence-electron chi connectivity index (χ2n) is 11.8. The second kappa shape index (κ2) is 24.9. The van der Waals surface area contributed by atoms with Crippen molar-refractivity contribution in [2.75, 3.05) is 19.8 Å². The van der Waals surface area contributed by atoms with E-state index in [0.29, 0.717) is 19.8 Å². The Morgan fingerprint density at radius 3 is 0.821 bits per heavy atom. The molecule has 3 nitrogen and oxygen atoms in total. The fourth-order valence-corrected chi connectivity index (χ4v) is 5.52. The summed E-state index contributed by atoms with van der Waals surface area (Å²) in [5.74, 6) is 0. The highest BCUT2D eigenvalue weighted by molar-refractivity contribution is 5.50. The molecule has 0 N–H and O–H groups in total. The molecule has 0 atom stereocenters. The highest BCUT2D eigenvalue weighted by Gasteiger charge is 2.17. The summed E-state index contributed by atoms with van der Waals surface area (Å²) in [6, 6.07) is 0. The van der Waals surface area contributed by atoms with Gasteiger partial charge in [0.2, 0.25) is 0 Å². The Balaban J connectivity index is 2.72. The van der Waals surface area contributed by atoms with Crippen molar-refractivity contribution >= 4 is 0 Å². The van der Waals surface area contributed by atoms with Crippen molar-refractivity contribution in [3.05, 3.63) is 33.4 Å². The lowest BCUT2D eigenvalue weighted by atomic mass is 9.89. The molecular formula is C36H66O3. The van der Waals surface area contributed by atoms with Gasteiger partial charge in [0.05, 0.1) is 19.8 Å². The van der Waals surface area contributed by atoms with Crippen LogP contribution in [-0.4, -0.2) is 19.8 Å². The molecule has 1 aromatic rings. The zero-order valence-corrected chi connectivity index (χ0v) is 27.2. The molecule has 0 aromatic heterocycles. The van der Waals surface area contributed by atoms with Gasteiger partial charge in [-0.25, -0.2) is 0 Å².